The van der Waals surface area contributed by atoms with Crippen LogP contribution in [0.4, 0.5) is 13.2 Å². The predicted octanol–water partition coefficient (Wildman–Crippen LogP) is 0.138. The largest absolute Gasteiger partial charge is 0.416 e. The van der Waals surface area contributed by atoms with E-state index in [4.69, 9.17) is 5.53 Å². The third kappa shape index (κ3) is 3.40. The lowest BCUT2D eigenvalue weighted by Crippen LogP contribution is -2.32. The lowest BCUT2D eigenvalue weighted by Gasteiger charge is -2.15. The Labute approximate surface area is 106 Å². The maximum atomic E-state index is 12.4. The minimum Gasteiger partial charge on any atom is -0.361 e. The molecule has 0 aromatic heterocycles. The zero-order valence-electron chi connectivity index (χ0n) is 8.86. The molecule has 0 saturated carbocycles. The van der Waals surface area contributed by atoms with Gasteiger partial charge in [0.05, 0.1) is 10.4 Å². The van der Waals surface area contributed by atoms with Gasteiger partial charge in [-0.1, -0.05) is 12.2 Å². The average Bonchev–Trinajstić information content (AvgIpc) is 2.26. The van der Waals surface area contributed by atoms with E-state index in [1.54, 1.807) is 0 Å². The third-order valence-electron chi connectivity index (χ3n) is 2.10. The van der Waals surface area contributed by atoms with Crippen molar-refractivity contribution in [3.05, 3.63) is 29.3 Å². The van der Waals surface area contributed by atoms with E-state index in [0.29, 0.717) is 12.2 Å². The molecule has 0 aliphatic heterocycles. The van der Waals surface area contributed by atoms with Crippen LogP contribution in [-0.4, -0.2) is 43.5 Å². The Morgan fingerprint density at radius 3 is 2.37 bits per heavy atom. The molecular weight excluding hydrogens is 309 g/mol. The maximum Gasteiger partial charge on any atom is 0.416 e. The lowest BCUT2D eigenvalue weighted by molar-refractivity contribution is -0.0881. The first kappa shape index (κ1) is 15.3. The van der Waals surface area contributed by atoms with Crippen molar-refractivity contribution in [3.63, 3.8) is 0 Å². The minimum atomic E-state index is -4.80. The van der Waals surface area contributed by atoms with Crippen molar-refractivity contribution < 1.29 is 34.8 Å². The van der Waals surface area contributed by atoms with E-state index in [-0.39, 0.29) is 11.6 Å². The van der Waals surface area contributed by atoms with Crippen LogP contribution in [0.3, 0.4) is 0 Å². The number of alkyl halides is 3. The van der Waals surface area contributed by atoms with Gasteiger partial charge in [0.1, 0.15) is 5.25 Å². The van der Waals surface area contributed by atoms with Crippen LogP contribution < -0.4 is 0 Å². The fourth-order valence-electron chi connectivity index (χ4n) is 1.29. The first-order chi connectivity index (χ1) is 8.59. The molecule has 0 spiro atoms. The molecule has 1 aliphatic rings. The van der Waals surface area contributed by atoms with Crippen LogP contribution in [0.15, 0.2) is 23.8 Å². The molecule has 0 aromatic rings. The summed E-state index contributed by atoms with van der Waals surface area (Å²) in [5, 5.41) is -1.85. The molecular formula is C8H5F3N2O4S2. The molecule has 0 heterocycles. The molecule has 104 valence electrons. The van der Waals surface area contributed by atoms with Crippen LogP contribution in [0.25, 0.3) is 5.53 Å². The summed E-state index contributed by atoms with van der Waals surface area (Å²) in [7, 11) is -7.54. The van der Waals surface area contributed by atoms with Crippen molar-refractivity contribution in [2.45, 2.75) is 11.4 Å². The fourth-order valence-corrected chi connectivity index (χ4v) is 3.37. The number of halogens is 3. The van der Waals surface area contributed by atoms with Gasteiger partial charge in [0, 0.05) is 0 Å². The molecule has 1 aliphatic carbocycles. The van der Waals surface area contributed by atoms with E-state index < -0.39 is 42.0 Å². The van der Waals surface area contributed by atoms with Gasteiger partial charge in [0.2, 0.25) is 10.3 Å². The molecule has 6 nitrogen and oxygen atoms in total. The molecule has 0 N–H and O–H groups in total. The van der Waals surface area contributed by atoms with Gasteiger partial charge in [-0.15, -0.1) is 0 Å². The summed E-state index contributed by atoms with van der Waals surface area (Å²) in [4.78, 5) is 1.26. The molecule has 1 unspecified atom stereocenters. The van der Waals surface area contributed by atoms with Crippen molar-refractivity contribution >= 4 is 30.5 Å². The van der Waals surface area contributed by atoms with Crippen LogP contribution >= 0.6 is 0 Å². The van der Waals surface area contributed by atoms with E-state index in [9.17, 15) is 30.0 Å². The number of rotatable bonds is 2. The molecule has 1 atom stereocenters. The number of sulfone groups is 1. The average molecular weight is 314 g/mol. The van der Waals surface area contributed by atoms with Crippen molar-refractivity contribution in [1.82, 2.24) is 0 Å². The summed E-state index contributed by atoms with van der Waals surface area (Å²) in [6, 6.07) is 0. The highest BCUT2D eigenvalue weighted by Crippen LogP contribution is 2.29. The van der Waals surface area contributed by atoms with Gasteiger partial charge in [0.15, 0.2) is 0 Å². The topological polar surface area (TPSA) is 105 Å². The summed E-state index contributed by atoms with van der Waals surface area (Å²) in [5.74, 6) is 0. The quantitative estimate of drug-likeness (QED) is 0.238. The summed E-state index contributed by atoms with van der Waals surface area (Å²) >= 11 is 0. The Kier molecular flexibility index (Phi) is 4.13. The summed E-state index contributed by atoms with van der Waals surface area (Å²) in [5.41, 5.74) is 6.91. The first-order valence-corrected chi connectivity index (χ1v) is 7.12. The predicted molar refractivity (Wildman–Crippen MR) is 59.6 cm³/mol. The number of allylic oxidation sites excluding steroid dienone is 3. The van der Waals surface area contributed by atoms with Crippen molar-refractivity contribution in [1.29, 1.82) is 0 Å². The number of hydrogen-bond acceptors (Lipinski definition) is 4. The highest BCUT2D eigenvalue weighted by atomic mass is 32.2. The molecule has 11 heteroatoms. The van der Waals surface area contributed by atoms with Crippen molar-refractivity contribution in [2.75, 3.05) is 0 Å². The van der Waals surface area contributed by atoms with Gasteiger partial charge in [0.25, 0.3) is 9.84 Å². The first-order valence-electron chi connectivity index (χ1n) is 4.44. The second kappa shape index (κ2) is 5.11. The Morgan fingerprint density at radius 2 is 1.95 bits per heavy atom. The number of nitrogens with zero attached hydrogens (tertiary/aromatic N) is 2. The van der Waals surface area contributed by atoms with Gasteiger partial charge in [-0.2, -0.15) is 26.4 Å². The molecule has 0 fully saturated rings. The molecule has 0 radical (unpaired) electrons. The van der Waals surface area contributed by atoms with E-state index >= 15 is 0 Å². The van der Waals surface area contributed by atoms with E-state index in [2.05, 4.69) is 4.79 Å². The highest BCUT2D eigenvalue weighted by Gasteiger charge is 2.39. The van der Waals surface area contributed by atoms with Crippen LogP contribution in [0.5, 0.6) is 0 Å². The summed E-state index contributed by atoms with van der Waals surface area (Å²) in [6.07, 6.45) is -3.58. The van der Waals surface area contributed by atoms with Crippen LogP contribution in [0, 0.1) is 0 Å². The Bertz CT molecular complexity index is 729. The Balaban J connectivity index is 3.48. The maximum absolute atomic E-state index is 12.4. The smallest absolute Gasteiger partial charge is 0.361 e. The van der Waals surface area contributed by atoms with E-state index in [1.807, 2.05) is 0 Å². The summed E-state index contributed by atoms with van der Waals surface area (Å²) in [6.45, 7) is 0. The monoisotopic (exact) mass is 314 g/mol. The van der Waals surface area contributed by atoms with Gasteiger partial charge in [-0.05, 0) is 6.08 Å². The zero-order valence-corrected chi connectivity index (χ0v) is 10.5. The Hall–Kier alpha value is -1.71. The number of hydrogen-bond donors (Lipinski definition) is 0. The second-order valence-corrected chi connectivity index (χ2v) is 6.16. The van der Waals surface area contributed by atoms with Gasteiger partial charge >= 0.3 is 11.7 Å². The SMILES string of the molecule is [N-]=[N+]=CS(=O)(=O)C1C=CC(C(F)(F)F)=CC1=S(=O)=O. The normalized spacial score (nSPS) is 19.6. The van der Waals surface area contributed by atoms with Crippen LogP contribution in [0.2, 0.25) is 0 Å². The van der Waals surface area contributed by atoms with Gasteiger partial charge < -0.3 is 5.53 Å². The van der Waals surface area contributed by atoms with Crippen molar-refractivity contribution in [2.24, 2.45) is 0 Å². The van der Waals surface area contributed by atoms with Gasteiger partial charge in [-0.25, -0.2) is 8.42 Å². The second-order valence-electron chi connectivity index (χ2n) is 3.32. The zero-order chi connectivity index (χ0) is 14.8. The van der Waals surface area contributed by atoms with Gasteiger partial charge in [-0.3, -0.25) is 0 Å². The minimum absolute atomic E-state index is 0.0568. The summed E-state index contributed by atoms with van der Waals surface area (Å²) < 4.78 is 81.9. The lowest BCUT2D eigenvalue weighted by atomic mass is 10.1. The van der Waals surface area contributed by atoms with Crippen LogP contribution in [0.1, 0.15) is 0 Å². The standard InChI is InChI=1S/C8H5F3N2O4S2/c9-8(10,11)5-1-2-7(6(3-5)18(14)15)19(16,17)4-13-12/h1-4,7H. The Morgan fingerprint density at radius 1 is 1.37 bits per heavy atom. The van der Waals surface area contributed by atoms with E-state index in [0.717, 1.165) is 0 Å². The molecule has 0 aromatic carbocycles. The molecule has 0 saturated heterocycles. The molecule has 0 amide bonds. The molecule has 1 rings (SSSR count). The third-order valence-corrected chi connectivity index (χ3v) is 4.51. The van der Waals surface area contributed by atoms with Crippen LogP contribution in [-0.2, 0) is 20.1 Å². The molecule has 19 heavy (non-hydrogen) atoms. The highest BCUT2D eigenvalue weighted by molar-refractivity contribution is 8.06. The molecule has 0 bridgehead atoms. The van der Waals surface area contributed by atoms with E-state index in [1.165, 1.54) is 0 Å². The van der Waals surface area contributed by atoms with Crippen molar-refractivity contribution in [3.8, 4) is 0 Å². The fraction of sp³-hybridized carbons (Fsp3) is 0.250.